The summed E-state index contributed by atoms with van der Waals surface area (Å²) in [5.41, 5.74) is 7.75. The summed E-state index contributed by atoms with van der Waals surface area (Å²) in [5.74, 6) is 0.746. The molecule has 1 atom stereocenters. The molecule has 5 nitrogen and oxygen atoms in total. The van der Waals surface area contributed by atoms with Gasteiger partial charge in [-0.15, -0.1) is 0 Å². The van der Waals surface area contributed by atoms with Crippen LogP contribution in [0.2, 0.25) is 0 Å². The van der Waals surface area contributed by atoms with Gasteiger partial charge in [0.15, 0.2) is 0 Å². The molecule has 0 bridgehead atoms. The van der Waals surface area contributed by atoms with E-state index in [0.717, 1.165) is 44.3 Å². The van der Waals surface area contributed by atoms with E-state index in [4.69, 9.17) is 15.2 Å². The molecule has 0 radical (unpaired) electrons. The monoisotopic (exact) mass is 279 g/mol. The van der Waals surface area contributed by atoms with Crippen LogP contribution in [0.3, 0.4) is 0 Å². The van der Waals surface area contributed by atoms with Crippen molar-refractivity contribution in [2.75, 3.05) is 50.5 Å². The number of anilines is 2. The average molecular weight is 279 g/mol. The van der Waals surface area contributed by atoms with Gasteiger partial charge in [0.2, 0.25) is 0 Å². The zero-order valence-electron chi connectivity index (χ0n) is 12.4. The van der Waals surface area contributed by atoms with Gasteiger partial charge in [-0.3, -0.25) is 4.90 Å². The third-order valence-corrected chi connectivity index (χ3v) is 3.40. The van der Waals surface area contributed by atoms with Gasteiger partial charge in [0.1, 0.15) is 5.75 Å². The van der Waals surface area contributed by atoms with E-state index < -0.39 is 0 Å². The minimum atomic E-state index is 0.326. The van der Waals surface area contributed by atoms with Crippen LogP contribution >= 0.6 is 0 Å². The molecule has 1 heterocycles. The van der Waals surface area contributed by atoms with Gasteiger partial charge >= 0.3 is 0 Å². The Balaban J connectivity index is 1.93. The summed E-state index contributed by atoms with van der Waals surface area (Å²) in [6.07, 6.45) is 0. The Morgan fingerprint density at radius 3 is 2.85 bits per heavy atom. The molecule has 1 unspecified atom stereocenters. The molecule has 0 spiro atoms. The van der Waals surface area contributed by atoms with Crippen molar-refractivity contribution < 1.29 is 9.47 Å². The number of ether oxygens (including phenoxy) is 2. The largest absolute Gasteiger partial charge is 0.492 e. The van der Waals surface area contributed by atoms with Crippen molar-refractivity contribution in [2.24, 2.45) is 0 Å². The Bertz CT molecular complexity index is 420. The fraction of sp³-hybridized carbons (Fsp3) is 0.600. The minimum absolute atomic E-state index is 0.326. The molecule has 0 aliphatic carbocycles. The number of rotatable bonds is 6. The normalized spacial score (nSPS) is 17.7. The average Bonchev–Trinajstić information content (AvgIpc) is 2.44. The summed E-state index contributed by atoms with van der Waals surface area (Å²) in [6.45, 7) is 9.39. The van der Waals surface area contributed by atoms with Crippen LogP contribution in [0.25, 0.3) is 0 Å². The van der Waals surface area contributed by atoms with Gasteiger partial charge in [-0.1, -0.05) is 6.07 Å². The van der Waals surface area contributed by atoms with Gasteiger partial charge in [0.25, 0.3) is 0 Å². The van der Waals surface area contributed by atoms with E-state index in [1.165, 1.54) is 0 Å². The van der Waals surface area contributed by atoms with Crippen LogP contribution in [0.5, 0.6) is 5.75 Å². The Morgan fingerprint density at radius 1 is 1.40 bits per heavy atom. The summed E-state index contributed by atoms with van der Waals surface area (Å²) >= 11 is 0. The van der Waals surface area contributed by atoms with E-state index in [0.29, 0.717) is 18.3 Å². The van der Waals surface area contributed by atoms with Crippen molar-refractivity contribution in [1.82, 2.24) is 4.90 Å². The second kappa shape index (κ2) is 7.36. The van der Waals surface area contributed by atoms with Crippen molar-refractivity contribution in [3.63, 3.8) is 0 Å². The fourth-order valence-electron chi connectivity index (χ4n) is 2.43. The van der Waals surface area contributed by atoms with Crippen LogP contribution in [0, 0.1) is 0 Å². The molecule has 1 aliphatic rings. The van der Waals surface area contributed by atoms with Gasteiger partial charge in [-0.05, 0) is 26.0 Å². The maximum atomic E-state index is 6.13. The molecule has 112 valence electrons. The van der Waals surface area contributed by atoms with Crippen LogP contribution < -0.4 is 15.8 Å². The molecule has 20 heavy (non-hydrogen) atoms. The summed E-state index contributed by atoms with van der Waals surface area (Å²) in [5, 5.41) is 3.47. The van der Waals surface area contributed by atoms with E-state index in [1.54, 1.807) is 0 Å². The Labute approximate surface area is 121 Å². The number of hydrogen-bond acceptors (Lipinski definition) is 5. The Kier molecular flexibility index (Phi) is 5.49. The number of nitrogen functional groups attached to an aromatic ring is 1. The molecule has 0 saturated carbocycles. The van der Waals surface area contributed by atoms with E-state index in [9.17, 15) is 0 Å². The number of morpholine rings is 1. The van der Waals surface area contributed by atoms with Crippen LogP contribution in [0.15, 0.2) is 18.2 Å². The number of benzene rings is 1. The Hall–Kier alpha value is -1.46. The molecule has 1 aromatic carbocycles. The predicted molar refractivity (Wildman–Crippen MR) is 82.4 cm³/mol. The van der Waals surface area contributed by atoms with Crippen LogP contribution in [0.4, 0.5) is 11.4 Å². The lowest BCUT2D eigenvalue weighted by atomic mass is 10.2. The molecule has 0 amide bonds. The lowest BCUT2D eigenvalue weighted by Crippen LogP contribution is -2.42. The first-order valence-corrected chi connectivity index (χ1v) is 7.28. The summed E-state index contributed by atoms with van der Waals surface area (Å²) < 4.78 is 10.9. The van der Waals surface area contributed by atoms with Crippen molar-refractivity contribution in [2.45, 2.75) is 19.9 Å². The van der Waals surface area contributed by atoms with Crippen LogP contribution in [0.1, 0.15) is 13.8 Å². The van der Waals surface area contributed by atoms with E-state index in [-0.39, 0.29) is 0 Å². The van der Waals surface area contributed by atoms with Crippen molar-refractivity contribution >= 4 is 11.4 Å². The van der Waals surface area contributed by atoms with Crippen molar-refractivity contribution in [1.29, 1.82) is 0 Å². The highest BCUT2D eigenvalue weighted by molar-refractivity contribution is 5.73. The maximum Gasteiger partial charge on any atom is 0.144 e. The molecule has 5 heteroatoms. The number of para-hydroxylation sites is 1. The highest BCUT2D eigenvalue weighted by atomic mass is 16.5. The summed E-state index contributed by atoms with van der Waals surface area (Å²) in [4.78, 5) is 2.41. The molecule has 1 aliphatic heterocycles. The second-order valence-corrected chi connectivity index (χ2v) is 5.11. The fourth-order valence-corrected chi connectivity index (χ4v) is 2.43. The maximum absolute atomic E-state index is 6.13. The minimum Gasteiger partial charge on any atom is -0.492 e. The van der Waals surface area contributed by atoms with E-state index in [1.807, 2.05) is 25.1 Å². The first-order valence-electron chi connectivity index (χ1n) is 7.28. The predicted octanol–water partition coefficient (Wildman–Crippen LogP) is 1.80. The van der Waals surface area contributed by atoms with Crippen LogP contribution in [-0.4, -0.2) is 50.4 Å². The Morgan fingerprint density at radius 2 is 2.15 bits per heavy atom. The van der Waals surface area contributed by atoms with Gasteiger partial charge < -0.3 is 20.5 Å². The van der Waals surface area contributed by atoms with Gasteiger partial charge in [0.05, 0.1) is 31.2 Å². The van der Waals surface area contributed by atoms with Gasteiger partial charge in [-0.2, -0.15) is 0 Å². The van der Waals surface area contributed by atoms with E-state index >= 15 is 0 Å². The smallest absolute Gasteiger partial charge is 0.144 e. The van der Waals surface area contributed by atoms with Crippen LogP contribution in [-0.2, 0) is 4.74 Å². The number of hydrogen-bond donors (Lipinski definition) is 2. The lowest BCUT2D eigenvalue weighted by Gasteiger charge is -2.30. The highest BCUT2D eigenvalue weighted by Crippen LogP contribution is 2.29. The third-order valence-electron chi connectivity index (χ3n) is 3.40. The van der Waals surface area contributed by atoms with Gasteiger partial charge in [0, 0.05) is 25.7 Å². The molecule has 1 fully saturated rings. The summed E-state index contributed by atoms with van der Waals surface area (Å²) in [6, 6.07) is 6.18. The SMILES string of the molecule is CCOc1cccc(NC(C)CN2CCOCC2)c1N. The molecule has 0 aromatic heterocycles. The molecular formula is C15H25N3O2. The third kappa shape index (κ3) is 4.02. The van der Waals surface area contributed by atoms with Crippen molar-refractivity contribution in [3.8, 4) is 5.75 Å². The number of nitrogens with zero attached hydrogens (tertiary/aromatic N) is 1. The first-order chi connectivity index (χ1) is 9.70. The first kappa shape index (κ1) is 14.9. The summed E-state index contributed by atoms with van der Waals surface area (Å²) in [7, 11) is 0. The molecule has 3 N–H and O–H groups in total. The molecular weight excluding hydrogens is 254 g/mol. The zero-order chi connectivity index (χ0) is 14.4. The van der Waals surface area contributed by atoms with E-state index in [2.05, 4.69) is 17.1 Å². The standard InChI is InChI=1S/C15H25N3O2/c1-3-20-14-6-4-5-13(15(14)16)17-12(2)11-18-7-9-19-10-8-18/h4-6,12,17H,3,7-11,16H2,1-2H3. The topological polar surface area (TPSA) is 59.8 Å². The molecule has 1 saturated heterocycles. The second-order valence-electron chi connectivity index (χ2n) is 5.11. The lowest BCUT2D eigenvalue weighted by molar-refractivity contribution is 0.0368. The molecule has 2 rings (SSSR count). The zero-order valence-corrected chi connectivity index (χ0v) is 12.4. The number of nitrogens with two attached hydrogens (primary N) is 1. The highest BCUT2D eigenvalue weighted by Gasteiger charge is 2.14. The van der Waals surface area contributed by atoms with Gasteiger partial charge in [-0.25, -0.2) is 0 Å². The number of nitrogens with one attached hydrogen (secondary N) is 1. The van der Waals surface area contributed by atoms with Crippen molar-refractivity contribution in [3.05, 3.63) is 18.2 Å². The quantitative estimate of drug-likeness (QED) is 0.778. The molecule has 1 aromatic rings.